The van der Waals surface area contributed by atoms with Crippen LogP contribution < -0.4 is 9.86 Å². The summed E-state index contributed by atoms with van der Waals surface area (Å²) in [5, 5.41) is 22.5. The van der Waals surface area contributed by atoms with E-state index in [2.05, 4.69) is 0 Å². The monoisotopic (exact) mass is 310 g/mol. The molecule has 1 atom stereocenters. The van der Waals surface area contributed by atoms with Crippen molar-refractivity contribution in [2.45, 2.75) is 15.9 Å². The van der Waals surface area contributed by atoms with E-state index >= 15 is 0 Å². The first-order valence-corrected chi connectivity index (χ1v) is 8.11. The van der Waals surface area contributed by atoms with Gasteiger partial charge in [0.1, 0.15) is 0 Å². The summed E-state index contributed by atoms with van der Waals surface area (Å²) in [7, 11) is -7.99. The number of primary sulfonamides is 1. The average Bonchev–Trinajstić information content (AvgIpc) is 2.35. The Labute approximate surface area is 111 Å². The molecule has 0 saturated heterocycles. The third kappa shape index (κ3) is 4.53. The summed E-state index contributed by atoms with van der Waals surface area (Å²) in [6, 6.07) is 4.49. The van der Waals surface area contributed by atoms with Crippen LogP contribution in [0.2, 0.25) is 0 Å². The maximum Gasteiger partial charge on any atom is 0.240 e. The van der Waals surface area contributed by atoms with E-state index in [-0.39, 0.29) is 9.79 Å². The molecule has 0 bridgehead atoms. The molecule has 0 aliphatic heterocycles. The first-order valence-electron chi connectivity index (χ1n) is 5.08. The summed E-state index contributed by atoms with van der Waals surface area (Å²) in [6.45, 7) is -0.988. The van der Waals surface area contributed by atoms with E-state index in [1.807, 2.05) is 4.72 Å². The molecule has 5 N–H and O–H groups in total. The van der Waals surface area contributed by atoms with Crippen LogP contribution in [0.4, 0.5) is 0 Å². The number of hydrogen-bond donors (Lipinski definition) is 4. The second-order valence-corrected chi connectivity index (χ2v) is 7.04. The minimum absolute atomic E-state index is 0.302. The fourth-order valence-electron chi connectivity index (χ4n) is 1.17. The van der Waals surface area contributed by atoms with Crippen molar-refractivity contribution in [3.8, 4) is 0 Å². The van der Waals surface area contributed by atoms with Crippen LogP contribution in [0.25, 0.3) is 0 Å². The summed E-state index contributed by atoms with van der Waals surface area (Å²) >= 11 is 0. The standard InChI is InChI=1S/C9H14N2O6S2/c10-18(14,15)8-2-1-3-9(4-8)19(16,17)11-5-7(13)6-12/h1-4,7,11-13H,5-6H2,(H2,10,14,15). The van der Waals surface area contributed by atoms with Gasteiger partial charge in [-0.1, -0.05) is 6.07 Å². The predicted molar refractivity (Wildman–Crippen MR) is 66.1 cm³/mol. The number of aliphatic hydroxyl groups is 2. The van der Waals surface area contributed by atoms with Crippen LogP contribution in [0.1, 0.15) is 0 Å². The summed E-state index contributed by atoms with van der Waals surface area (Å²) in [5.74, 6) is 0. The molecule has 1 aromatic carbocycles. The molecule has 19 heavy (non-hydrogen) atoms. The molecule has 10 heteroatoms. The number of aliphatic hydroxyl groups excluding tert-OH is 2. The quantitative estimate of drug-likeness (QED) is 0.476. The van der Waals surface area contributed by atoms with Gasteiger partial charge < -0.3 is 10.2 Å². The number of hydrogen-bond acceptors (Lipinski definition) is 6. The highest BCUT2D eigenvalue weighted by atomic mass is 32.2. The van der Waals surface area contributed by atoms with Crippen LogP contribution in [-0.4, -0.2) is 46.3 Å². The van der Waals surface area contributed by atoms with Gasteiger partial charge in [0.15, 0.2) is 0 Å². The van der Waals surface area contributed by atoms with E-state index in [9.17, 15) is 16.8 Å². The van der Waals surface area contributed by atoms with Crippen LogP contribution in [0.5, 0.6) is 0 Å². The lowest BCUT2D eigenvalue weighted by Crippen LogP contribution is -2.34. The van der Waals surface area contributed by atoms with Gasteiger partial charge in [-0.2, -0.15) is 0 Å². The number of nitrogens with one attached hydrogen (secondary N) is 1. The van der Waals surface area contributed by atoms with Gasteiger partial charge in [0, 0.05) is 6.54 Å². The molecule has 1 unspecified atom stereocenters. The Hall–Kier alpha value is -1.04. The molecule has 0 aromatic heterocycles. The fraction of sp³-hybridized carbons (Fsp3) is 0.333. The number of rotatable bonds is 6. The van der Waals surface area contributed by atoms with Gasteiger partial charge in [-0.15, -0.1) is 0 Å². The van der Waals surface area contributed by atoms with Crippen molar-refractivity contribution < 1.29 is 27.0 Å². The second kappa shape index (κ2) is 5.94. The lowest BCUT2D eigenvalue weighted by Gasteiger charge is -2.10. The molecule has 108 valence electrons. The van der Waals surface area contributed by atoms with E-state index in [0.29, 0.717) is 0 Å². The third-order valence-electron chi connectivity index (χ3n) is 2.16. The molecule has 8 nitrogen and oxygen atoms in total. The molecule has 0 saturated carbocycles. The van der Waals surface area contributed by atoms with Gasteiger partial charge in [0.2, 0.25) is 20.0 Å². The van der Waals surface area contributed by atoms with Crippen LogP contribution in [0, 0.1) is 0 Å². The highest BCUT2D eigenvalue weighted by molar-refractivity contribution is 7.90. The molecule has 1 rings (SSSR count). The highest BCUT2D eigenvalue weighted by Crippen LogP contribution is 2.14. The van der Waals surface area contributed by atoms with Gasteiger partial charge in [0.05, 0.1) is 22.5 Å². The van der Waals surface area contributed by atoms with E-state index in [0.717, 1.165) is 12.1 Å². The normalized spacial score (nSPS) is 14.3. The molecular weight excluding hydrogens is 296 g/mol. The maximum absolute atomic E-state index is 11.8. The summed E-state index contributed by atoms with van der Waals surface area (Å²) in [4.78, 5) is -0.637. The lowest BCUT2D eigenvalue weighted by atomic mass is 10.4. The number of nitrogens with two attached hydrogens (primary N) is 1. The minimum Gasteiger partial charge on any atom is -0.394 e. The zero-order valence-electron chi connectivity index (χ0n) is 9.72. The first kappa shape index (κ1) is 16.0. The van der Waals surface area contributed by atoms with Gasteiger partial charge in [0.25, 0.3) is 0 Å². The van der Waals surface area contributed by atoms with Crippen molar-refractivity contribution in [1.29, 1.82) is 0 Å². The maximum atomic E-state index is 11.8. The third-order valence-corrected chi connectivity index (χ3v) is 4.50. The molecule has 0 fully saturated rings. The minimum atomic E-state index is -4.00. The van der Waals surface area contributed by atoms with Gasteiger partial charge in [-0.05, 0) is 18.2 Å². The number of sulfonamides is 2. The van der Waals surface area contributed by atoms with Crippen LogP contribution in [-0.2, 0) is 20.0 Å². The van der Waals surface area contributed by atoms with Crippen molar-refractivity contribution >= 4 is 20.0 Å². The van der Waals surface area contributed by atoms with E-state index < -0.39 is 39.3 Å². The Morgan fingerprint density at radius 2 is 1.79 bits per heavy atom. The number of benzene rings is 1. The van der Waals surface area contributed by atoms with E-state index in [4.69, 9.17) is 15.4 Å². The zero-order valence-corrected chi connectivity index (χ0v) is 11.4. The molecule has 0 heterocycles. The Bertz CT molecular complexity index is 640. The molecule has 0 aliphatic carbocycles. The Kier molecular flexibility index (Phi) is 5.01. The SMILES string of the molecule is NS(=O)(=O)c1cccc(S(=O)(=O)NCC(O)CO)c1. The molecule has 0 amide bonds. The van der Waals surface area contributed by atoms with Gasteiger partial charge >= 0.3 is 0 Å². The van der Waals surface area contributed by atoms with Crippen LogP contribution >= 0.6 is 0 Å². The second-order valence-electron chi connectivity index (χ2n) is 3.71. The van der Waals surface area contributed by atoms with Crippen LogP contribution in [0.3, 0.4) is 0 Å². The highest BCUT2D eigenvalue weighted by Gasteiger charge is 2.18. The van der Waals surface area contributed by atoms with Crippen molar-refractivity contribution in [3.63, 3.8) is 0 Å². The molecule has 0 aliphatic rings. The smallest absolute Gasteiger partial charge is 0.240 e. The Morgan fingerprint density at radius 3 is 2.32 bits per heavy atom. The van der Waals surface area contributed by atoms with E-state index in [1.54, 1.807) is 0 Å². The Morgan fingerprint density at radius 1 is 1.21 bits per heavy atom. The van der Waals surface area contributed by atoms with Crippen molar-refractivity contribution in [2.75, 3.05) is 13.2 Å². The summed E-state index contributed by atoms with van der Waals surface area (Å²) in [6.07, 6.45) is -1.24. The van der Waals surface area contributed by atoms with Gasteiger partial charge in [-0.25, -0.2) is 26.7 Å². The molecular formula is C9H14N2O6S2. The van der Waals surface area contributed by atoms with Crippen LogP contribution in [0.15, 0.2) is 34.1 Å². The topological polar surface area (TPSA) is 147 Å². The first-order chi connectivity index (χ1) is 8.66. The predicted octanol–water partition coefficient (Wildman–Crippen LogP) is -2.03. The molecule has 0 radical (unpaired) electrons. The average molecular weight is 310 g/mol. The van der Waals surface area contributed by atoms with E-state index in [1.165, 1.54) is 12.1 Å². The fourth-order valence-corrected chi connectivity index (χ4v) is 2.92. The van der Waals surface area contributed by atoms with Crippen molar-refractivity contribution in [3.05, 3.63) is 24.3 Å². The summed E-state index contributed by atoms with van der Waals surface area (Å²) < 4.78 is 47.8. The molecule has 1 aromatic rings. The van der Waals surface area contributed by atoms with Gasteiger partial charge in [-0.3, -0.25) is 0 Å². The van der Waals surface area contributed by atoms with Crippen molar-refractivity contribution in [1.82, 2.24) is 4.72 Å². The molecule has 0 spiro atoms. The van der Waals surface area contributed by atoms with Crippen molar-refractivity contribution in [2.24, 2.45) is 5.14 Å². The zero-order chi connectivity index (χ0) is 14.7. The Balaban J connectivity index is 3.03. The largest absolute Gasteiger partial charge is 0.394 e. The lowest BCUT2D eigenvalue weighted by molar-refractivity contribution is 0.0988. The summed E-state index contributed by atoms with van der Waals surface area (Å²) in [5.41, 5.74) is 0.